The second kappa shape index (κ2) is 7.22. The topological polar surface area (TPSA) is 75.4 Å². The first kappa shape index (κ1) is 16.2. The molecule has 0 saturated carbocycles. The molecule has 0 radical (unpaired) electrons. The van der Waals surface area contributed by atoms with Gasteiger partial charge in [0.2, 0.25) is 0 Å². The number of carbonyl (C=O) groups is 1. The predicted octanol–water partition coefficient (Wildman–Crippen LogP) is 2.79. The van der Waals surface area contributed by atoms with Crippen molar-refractivity contribution in [1.82, 2.24) is 10.5 Å². The standard InChI is InChI=1S/C17H22N2O3/c1-4-11(2)14(20)10-18-17(21)15-12(3)22-19-16(15)13-8-6-5-7-9-13/h5-9,11,14,20H,4,10H2,1-3H3,(H,18,21). The molecule has 0 fully saturated rings. The Morgan fingerprint density at radius 3 is 2.68 bits per heavy atom. The summed E-state index contributed by atoms with van der Waals surface area (Å²) in [6.45, 7) is 5.89. The molecule has 1 heterocycles. The van der Waals surface area contributed by atoms with Gasteiger partial charge in [-0.05, 0) is 12.8 Å². The van der Waals surface area contributed by atoms with E-state index in [0.29, 0.717) is 17.0 Å². The highest BCUT2D eigenvalue weighted by molar-refractivity contribution is 6.00. The van der Waals surface area contributed by atoms with Gasteiger partial charge in [-0.15, -0.1) is 0 Å². The maximum Gasteiger partial charge on any atom is 0.257 e. The van der Waals surface area contributed by atoms with Crippen LogP contribution >= 0.6 is 0 Å². The van der Waals surface area contributed by atoms with Crippen molar-refractivity contribution < 1.29 is 14.4 Å². The molecule has 2 rings (SSSR count). The SMILES string of the molecule is CCC(C)C(O)CNC(=O)c1c(-c2ccccc2)noc1C. The maximum atomic E-state index is 12.4. The van der Waals surface area contributed by atoms with Crippen LogP contribution in [-0.4, -0.2) is 28.8 Å². The Balaban J connectivity index is 2.15. The van der Waals surface area contributed by atoms with Crippen molar-refractivity contribution in [2.45, 2.75) is 33.3 Å². The summed E-state index contributed by atoms with van der Waals surface area (Å²) in [5.41, 5.74) is 1.77. The van der Waals surface area contributed by atoms with Gasteiger partial charge in [0.1, 0.15) is 17.0 Å². The van der Waals surface area contributed by atoms with Crippen molar-refractivity contribution in [3.63, 3.8) is 0 Å². The van der Waals surface area contributed by atoms with E-state index in [1.807, 2.05) is 44.2 Å². The summed E-state index contributed by atoms with van der Waals surface area (Å²) in [5.74, 6) is 0.326. The largest absolute Gasteiger partial charge is 0.391 e. The predicted molar refractivity (Wildman–Crippen MR) is 84.5 cm³/mol. The lowest BCUT2D eigenvalue weighted by molar-refractivity contribution is 0.0849. The van der Waals surface area contributed by atoms with Gasteiger partial charge >= 0.3 is 0 Å². The number of hydrogen-bond donors (Lipinski definition) is 2. The average molecular weight is 302 g/mol. The molecule has 1 aromatic heterocycles. The Morgan fingerprint density at radius 1 is 1.36 bits per heavy atom. The van der Waals surface area contributed by atoms with E-state index in [9.17, 15) is 9.90 Å². The maximum absolute atomic E-state index is 12.4. The fourth-order valence-corrected chi connectivity index (χ4v) is 2.19. The zero-order chi connectivity index (χ0) is 16.1. The molecule has 2 aromatic rings. The number of amides is 1. The first-order valence-electron chi connectivity index (χ1n) is 7.52. The molecule has 1 aromatic carbocycles. The van der Waals surface area contributed by atoms with Crippen molar-refractivity contribution in [3.05, 3.63) is 41.7 Å². The number of rotatable bonds is 6. The number of hydrogen-bond acceptors (Lipinski definition) is 4. The summed E-state index contributed by atoms with van der Waals surface area (Å²) in [6, 6.07) is 9.42. The Kier molecular flexibility index (Phi) is 5.33. The second-order valence-electron chi connectivity index (χ2n) is 5.49. The number of aromatic nitrogens is 1. The molecule has 5 nitrogen and oxygen atoms in total. The van der Waals surface area contributed by atoms with Gasteiger partial charge in [0.15, 0.2) is 0 Å². The monoisotopic (exact) mass is 302 g/mol. The molecule has 1 amide bonds. The van der Waals surface area contributed by atoms with Gasteiger partial charge in [-0.1, -0.05) is 55.8 Å². The Hall–Kier alpha value is -2.14. The van der Waals surface area contributed by atoms with Crippen molar-refractivity contribution >= 4 is 5.91 Å². The molecule has 118 valence electrons. The number of nitrogens with one attached hydrogen (secondary N) is 1. The highest BCUT2D eigenvalue weighted by Crippen LogP contribution is 2.24. The first-order chi connectivity index (χ1) is 10.5. The summed E-state index contributed by atoms with van der Waals surface area (Å²) in [4.78, 5) is 12.4. The molecule has 0 spiro atoms. The summed E-state index contributed by atoms with van der Waals surface area (Å²) in [5, 5.41) is 16.7. The van der Waals surface area contributed by atoms with Gasteiger partial charge in [0.05, 0.1) is 6.10 Å². The van der Waals surface area contributed by atoms with Crippen molar-refractivity contribution in [2.75, 3.05) is 6.54 Å². The number of aliphatic hydroxyl groups excluding tert-OH is 1. The molecule has 0 aliphatic heterocycles. The molecule has 5 heteroatoms. The molecule has 0 aliphatic carbocycles. The van der Waals surface area contributed by atoms with Crippen LogP contribution in [-0.2, 0) is 0 Å². The third-order valence-electron chi connectivity index (χ3n) is 3.91. The third kappa shape index (κ3) is 3.54. The van der Waals surface area contributed by atoms with Gasteiger partial charge in [0, 0.05) is 12.1 Å². The quantitative estimate of drug-likeness (QED) is 0.860. The minimum Gasteiger partial charge on any atom is -0.391 e. The van der Waals surface area contributed by atoms with E-state index in [0.717, 1.165) is 12.0 Å². The smallest absolute Gasteiger partial charge is 0.257 e. The number of aliphatic hydroxyl groups is 1. The summed E-state index contributed by atoms with van der Waals surface area (Å²) in [7, 11) is 0. The van der Waals surface area contributed by atoms with Crippen LogP contribution < -0.4 is 5.32 Å². The van der Waals surface area contributed by atoms with E-state index < -0.39 is 6.10 Å². The van der Waals surface area contributed by atoms with Gasteiger partial charge in [-0.25, -0.2) is 0 Å². The lowest BCUT2D eigenvalue weighted by Gasteiger charge is -2.17. The van der Waals surface area contributed by atoms with Crippen LogP contribution in [0.25, 0.3) is 11.3 Å². The van der Waals surface area contributed by atoms with Crippen LogP contribution in [0.2, 0.25) is 0 Å². The van der Waals surface area contributed by atoms with Crippen LogP contribution in [0.3, 0.4) is 0 Å². The van der Waals surface area contributed by atoms with Gasteiger partial charge in [-0.2, -0.15) is 0 Å². The molecule has 2 N–H and O–H groups in total. The Bertz CT molecular complexity index is 622. The third-order valence-corrected chi connectivity index (χ3v) is 3.91. The second-order valence-corrected chi connectivity index (χ2v) is 5.49. The average Bonchev–Trinajstić information content (AvgIpc) is 2.94. The summed E-state index contributed by atoms with van der Waals surface area (Å²) < 4.78 is 5.17. The van der Waals surface area contributed by atoms with E-state index in [1.54, 1.807) is 6.92 Å². The van der Waals surface area contributed by atoms with Gasteiger partial charge < -0.3 is 14.9 Å². The lowest BCUT2D eigenvalue weighted by Crippen LogP contribution is -2.35. The van der Waals surface area contributed by atoms with E-state index >= 15 is 0 Å². The minimum atomic E-state index is -0.561. The zero-order valence-electron chi connectivity index (χ0n) is 13.2. The number of benzene rings is 1. The molecule has 0 bridgehead atoms. The molecule has 2 atom stereocenters. The van der Waals surface area contributed by atoms with Gasteiger partial charge in [0.25, 0.3) is 5.91 Å². The highest BCUT2D eigenvalue weighted by atomic mass is 16.5. The van der Waals surface area contributed by atoms with E-state index in [4.69, 9.17) is 4.52 Å². The van der Waals surface area contributed by atoms with Crippen LogP contribution in [0.15, 0.2) is 34.9 Å². The van der Waals surface area contributed by atoms with Crippen LogP contribution in [0.1, 0.15) is 36.4 Å². The molecule has 0 aliphatic rings. The normalized spacial score (nSPS) is 13.6. The molecule has 22 heavy (non-hydrogen) atoms. The van der Waals surface area contributed by atoms with E-state index in [2.05, 4.69) is 10.5 Å². The minimum absolute atomic E-state index is 0.137. The van der Waals surface area contributed by atoms with E-state index in [1.165, 1.54) is 0 Å². The van der Waals surface area contributed by atoms with Gasteiger partial charge in [-0.3, -0.25) is 4.79 Å². The lowest BCUT2D eigenvalue weighted by atomic mass is 10.0. The summed E-state index contributed by atoms with van der Waals surface area (Å²) in [6.07, 6.45) is 0.299. The van der Waals surface area contributed by atoms with Crippen LogP contribution in [0.4, 0.5) is 0 Å². The van der Waals surface area contributed by atoms with Crippen LogP contribution in [0.5, 0.6) is 0 Å². The molecular formula is C17H22N2O3. The zero-order valence-corrected chi connectivity index (χ0v) is 13.2. The van der Waals surface area contributed by atoms with Crippen molar-refractivity contribution in [1.29, 1.82) is 0 Å². The molecule has 0 saturated heterocycles. The first-order valence-corrected chi connectivity index (χ1v) is 7.52. The number of nitrogens with zero attached hydrogens (tertiary/aromatic N) is 1. The van der Waals surface area contributed by atoms with Crippen LogP contribution in [0, 0.1) is 12.8 Å². The number of carbonyl (C=O) groups excluding carboxylic acids is 1. The summed E-state index contributed by atoms with van der Waals surface area (Å²) >= 11 is 0. The van der Waals surface area contributed by atoms with Crippen molar-refractivity contribution in [3.8, 4) is 11.3 Å². The van der Waals surface area contributed by atoms with Crippen molar-refractivity contribution in [2.24, 2.45) is 5.92 Å². The highest BCUT2D eigenvalue weighted by Gasteiger charge is 2.22. The fraction of sp³-hybridized carbons (Fsp3) is 0.412. The Morgan fingerprint density at radius 2 is 2.05 bits per heavy atom. The van der Waals surface area contributed by atoms with E-state index in [-0.39, 0.29) is 18.4 Å². The number of aryl methyl sites for hydroxylation is 1. The molecular weight excluding hydrogens is 280 g/mol. The molecule has 2 unspecified atom stereocenters. The Labute approximate surface area is 130 Å². The fourth-order valence-electron chi connectivity index (χ4n) is 2.19.